The number of amides is 1. The summed E-state index contributed by atoms with van der Waals surface area (Å²) in [7, 11) is -4.10. The average molecular weight is 681 g/mol. The Kier molecular flexibility index (Phi) is 9.58. The lowest BCUT2D eigenvalue weighted by Crippen LogP contribution is -2.46. The second kappa shape index (κ2) is 13.8. The second-order valence-electron chi connectivity index (χ2n) is 11.5. The van der Waals surface area contributed by atoms with Crippen LogP contribution in [0.2, 0.25) is 0 Å². The Labute approximate surface area is 275 Å². The number of carbonyl (C=O) groups excluding carboxylic acids is 1. The van der Waals surface area contributed by atoms with Gasteiger partial charge in [0.2, 0.25) is 15.9 Å². The maximum atomic E-state index is 13.4. The number of hydrogen-bond acceptors (Lipinski definition) is 7. The monoisotopic (exact) mass is 680 g/mol. The van der Waals surface area contributed by atoms with Crippen molar-refractivity contribution in [2.75, 3.05) is 37.6 Å². The molecule has 1 atom stereocenters. The van der Waals surface area contributed by atoms with Crippen LogP contribution >= 0.6 is 0 Å². The molecule has 9 nitrogen and oxygen atoms in total. The van der Waals surface area contributed by atoms with E-state index in [0.29, 0.717) is 35.7 Å². The van der Waals surface area contributed by atoms with Crippen LogP contribution in [-0.4, -0.2) is 72.3 Å². The smallest absolute Gasteiger partial charge is 0.354 e. The van der Waals surface area contributed by atoms with Gasteiger partial charge in [-0.25, -0.2) is 17.8 Å². The number of aromatic nitrogens is 2. The van der Waals surface area contributed by atoms with Gasteiger partial charge in [-0.3, -0.25) is 14.7 Å². The third-order valence-electron chi connectivity index (χ3n) is 8.30. The molecule has 2 aromatic carbocycles. The summed E-state index contributed by atoms with van der Waals surface area (Å²) in [6, 6.07) is 15.5. The molecular formula is C34H32F4N6O3S. The van der Waals surface area contributed by atoms with Crippen LogP contribution in [0.1, 0.15) is 16.7 Å². The maximum Gasteiger partial charge on any atom is 0.416 e. The molecule has 0 bridgehead atoms. The highest BCUT2D eigenvalue weighted by molar-refractivity contribution is 7.89. The number of alkyl halides is 3. The zero-order valence-corrected chi connectivity index (χ0v) is 26.5. The first kappa shape index (κ1) is 33.2. The molecule has 1 N–H and O–H groups in total. The number of carbonyl (C=O) groups is 1. The van der Waals surface area contributed by atoms with Crippen LogP contribution in [0.25, 0.3) is 11.3 Å². The SMILES string of the molecule is O=C(NCc1cc(-c2ccc(C(F)(F)F)cc2)nc(N2CCN(Cc3ccncc3)CC2)c1)C1C=CCN1S(=O)(=O)c1ccc(F)cc1. The number of rotatable bonds is 9. The molecule has 0 aliphatic carbocycles. The predicted molar refractivity (Wildman–Crippen MR) is 171 cm³/mol. The Bertz CT molecular complexity index is 1880. The van der Waals surface area contributed by atoms with Gasteiger partial charge in [0.15, 0.2) is 0 Å². The van der Waals surface area contributed by atoms with Crippen molar-refractivity contribution in [3.05, 3.63) is 120 Å². The first-order valence-corrected chi connectivity index (χ1v) is 16.7. The molecule has 0 spiro atoms. The number of halogens is 4. The topological polar surface area (TPSA) is 98.7 Å². The molecule has 6 rings (SSSR count). The number of nitrogens with one attached hydrogen (secondary N) is 1. The summed E-state index contributed by atoms with van der Waals surface area (Å²) in [6.45, 7) is 3.59. The van der Waals surface area contributed by atoms with Gasteiger partial charge in [-0.15, -0.1) is 0 Å². The first-order valence-electron chi connectivity index (χ1n) is 15.2. The van der Waals surface area contributed by atoms with Crippen molar-refractivity contribution in [1.29, 1.82) is 0 Å². The van der Waals surface area contributed by atoms with Gasteiger partial charge in [0.1, 0.15) is 17.7 Å². The van der Waals surface area contributed by atoms with Crippen molar-refractivity contribution in [3.8, 4) is 11.3 Å². The van der Waals surface area contributed by atoms with E-state index in [1.807, 2.05) is 18.2 Å². The van der Waals surface area contributed by atoms with Crippen LogP contribution < -0.4 is 10.2 Å². The zero-order valence-electron chi connectivity index (χ0n) is 25.6. The number of piperazine rings is 1. The fourth-order valence-electron chi connectivity index (χ4n) is 5.70. The summed E-state index contributed by atoms with van der Waals surface area (Å²) < 4.78 is 80.7. The van der Waals surface area contributed by atoms with Gasteiger partial charge in [-0.2, -0.15) is 17.5 Å². The van der Waals surface area contributed by atoms with E-state index >= 15 is 0 Å². The van der Waals surface area contributed by atoms with Gasteiger partial charge < -0.3 is 10.2 Å². The Morgan fingerprint density at radius 1 is 0.896 bits per heavy atom. The Hall–Kier alpha value is -4.66. The molecule has 4 heterocycles. The molecule has 2 aliphatic heterocycles. The van der Waals surface area contributed by atoms with Gasteiger partial charge in [-0.05, 0) is 71.8 Å². The standard InChI is InChI=1S/C34H32F4N6O3S/c35-28-7-9-29(10-8-28)48(46,47)44-15-1-2-31(44)33(45)40-22-25-20-30(26-3-5-27(6-4-26)34(36,37)38)41-32(21-25)43-18-16-42(17-19-43)23-24-11-13-39-14-12-24/h1-14,20-21,31H,15-19,22-23H2,(H,40,45). The van der Waals surface area contributed by atoms with E-state index in [4.69, 9.17) is 4.98 Å². The normalized spacial score (nSPS) is 17.5. The molecule has 2 aliphatic rings. The molecule has 1 fully saturated rings. The van der Waals surface area contributed by atoms with Crippen LogP contribution in [0.3, 0.4) is 0 Å². The van der Waals surface area contributed by atoms with E-state index in [9.17, 15) is 30.8 Å². The van der Waals surface area contributed by atoms with Gasteiger partial charge in [-0.1, -0.05) is 24.3 Å². The number of anilines is 1. The molecule has 1 amide bonds. The van der Waals surface area contributed by atoms with Crippen LogP contribution in [-0.2, 0) is 34.1 Å². The Morgan fingerprint density at radius 2 is 1.58 bits per heavy atom. The van der Waals surface area contributed by atoms with Crippen LogP contribution in [0, 0.1) is 5.82 Å². The molecule has 0 radical (unpaired) electrons. The van der Waals surface area contributed by atoms with Gasteiger partial charge in [0.25, 0.3) is 0 Å². The summed E-state index contributed by atoms with van der Waals surface area (Å²) >= 11 is 0. The molecular weight excluding hydrogens is 648 g/mol. The van der Waals surface area contributed by atoms with Gasteiger partial charge in [0.05, 0.1) is 16.2 Å². The molecule has 1 saturated heterocycles. The lowest BCUT2D eigenvalue weighted by Gasteiger charge is -2.35. The quantitative estimate of drug-likeness (QED) is 0.199. The first-order chi connectivity index (χ1) is 23.0. The van der Waals surface area contributed by atoms with E-state index in [0.717, 1.165) is 65.9 Å². The lowest BCUT2D eigenvalue weighted by molar-refractivity contribution is -0.137. The summed E-state index contributed by atoms with van der Waals surface area (Å²) in [4.78, 5) is 26.5. The number of hydrogen-bond donors (Lipinski definition) is 1. The summed E-state index contributed by atoms with van der Waals surface area (Å²) in [6.07, 6.45) is 2.10. The minimum atomic E-state index is -4.48. The maximum absolute atomic E-state index is 13.4. The average Bonchev–Trinajstić information content (AvgIpc) is 3.59. The van der Waals surface area contributed by atoms with Crippen molar-refractivity contribution >= 4 is 21.7 Å². The Morgan fingerprint density at radius 3 is 2.25 bits per heavy atom. The Balaban J connectivity index is 1.20. The second-order valence-corrected chi connectivity index (χ2v) is 13.4. The zero-order chi connectivity index (χ0) is 33.9. The number of benzene rings is 2. The third kappa shape index (κ3) is 7.56. The minimum absolute atomic E-state index is 0.0127. The van der Waals surface area contributed by atoms with Crippen molar-refractivity contribution in [1.82, 2.24) is 24.5 Å². The predicted octanol–water partition coefficient (Wildman–Crippen LogP) is 4.87. The minimum Gasteiger partial charge on any atom is -0.354 e. The van der Waals surface area contributed by atoms with Crippen LogP contribution in [0.5, 0.6) is 0 Å². The fourth-order valence-corrected chi connectivity index (χ4v) is 7.20. The van der Waals surface area contributed by atoms with Crippen LogP contribution in [0.4, 0.5) is 23.4 Å². The summed E-state index contributed by atoms with van der Waals surface area (Å²) in [5.41, 5.74) is 1.93. The van der Waals surface area contributed by atoms with Gasteiger partial charge >= 0.3 is 6.18 Å². The van der Waals surface area contributed by atoms with E-state index in [1.165, 1.54) is 18.2 Å². The highest BCUT2D eigenvalue weighted by atomic mass is 32.2. The number of sulfonamides is 1. The van der Waals surface area contributed by atoms with Crippen molar-refractivity contribution in [2.45, 2.75) is 30.2 Å². The molecule has 1 unspecified atom stereocenters. The van der Waals surface area contributed by atoms with Crippen molar-refractivity contribution in [3.63, 3.8) is 0 Å². The van der Waals surface area contributed by atoms with Crippen LogP contribution in [0.15, 0.2) is 102 Å². The molecule has 2 aromatic heterocycles. The van der Waals surface area contributed by atoms with E-state index < -0.39 is 39.5 Å². The number of pyridine rings is 2. The number of nitrogens with zero attached hydrogens (tertiary/aromatic N) is 5. The molecule has 48 heavy (non-hydrogen) atoms. The molecule has 4 aromatic rings. The molecule has 250 valence electrons. The van der Waals surface area contributed by atoms with Crippen molar-refractivity contribution in [2.24, 2.45) is 0 Å². The van der Waals surface area contributed by atoms with E-state index in [2.05, 4.69) is 20.1 Å². The highest BCUT2D eigenvalue weighted by Crippen LogP contribution is 2.32. The fraction of sp³-hybridized carbons (Fsp3) is 0.265. The van der Waals surface area contributed by atoms with E-state index in [-0.39, 0.29) is 18.0 Å². The van der Waals surface area contributed by atoms with E-state index in [1.54, 1.807) is 24.5 Å². The highest BCUT2D eigenvalue weighted by Gasteiger charge is 2.36. The van der Waals surface area contributed by atoms with Gasteiger partial charge in [0, 0.05) is 63.8 Å². The lowest BCUT2D eigenvalue weighted by atomic mass is 10.1. The largest absolute Gasteiger partial charge is 0.416 e. The molecule has 0 saturated carbocycles. The summed E-state index contributed by atoms with van der Waals surface area (Å²) in [5.74, 6) is -0.530. The molecule has 14 heteroatoms. The summed E-state index contributed by atoms with van der Waals surface area (Å²) in [5, 5.41) is 2.81. The third-order valence-corrected chi connectivity index (χ3v) is 10.2. The van der Waals surface area contributed by atoms with Crippen molar-refractivity contribution < 1.29 is 30.8 Å².